The number of unbranched alkanes of at least 4 members (excludes halogenated alkanes) is 1. The predicted octanol–water partition coefficient (Wildman–Crippen LogP) is 3.06. The summed E-state index contributed by atoms with van der Waals surface area (Å²) in [6, 6.07) is 6.12. The van der Waals surface area contributed by atoms with Crippen molar-refractivity contribution >= 4 is 11.2 Å². The lowest BCUT2D eigenvalue weighted by Crippen LogP contribution is -2.31. The first-order valence-corrected chi connectivity index (χ1v) is 11.7. The highest BCUT2D eigenvalue weighted by Crippen LogP contribution is 2.39. The number of aromatic nitrogens is 4. The van der Waals surface area contributed by atoms with E-state index in [0.717, 1.165) is 55.1 Å². The standard InChI is InChI=1S/C24H33N5O4/c1-5-7-13-29-22-21(23(30)26-24(29)31)28(6-2)20(25-22)15-27-12-8-9-18(27)17-11-10-16(32-3)14-19(17)33-4/h10-11,14,18H,5-9,12-13,15H2,1-4H3,(H,26,30,31). The maximum atomic E-state index is 12.7. The van der Waals surface area contributed by atoms with Gasteiger partial charge in [0, 0.05) is 30.8 Å². The van der Waals surface area contributed by atoms with Crippen molar-refractivity contribution in [3.8, 4) is 11.5 Å². The van der Waals surface area contributed by atoms with Crippen LogP contribution < -0.4 is 20.7 Å². The zero-order chi connectivity index (χ0) is 23.5. The number of nitrogens with one attached hydrogen (secondary N) is 1. The molecule has 1 atom stereocenters. The number of benzene rings is 1. The van der Waals surface area contributed by atoms with Gasteiger partial charge in [0.2, 0.25) is 0 Å². The second-order valence-corrected chi connectivity index (χ2v) is 8.45. The smallest absolute Gasteiger partial charge is 0.330 e. The molecular weight excluding hydrogens is 422 g/mol. The summed E-state index contributed by atoms with van der Waals surface area (Å²) in [6.07, 6.45) is 3.87. The van der Waals surface area contributed by atoms with E-state index in [9.17, 15) is 9.59 Å². The molecule has 0 aliphatic carbocycles. The Kier molecular flexibility index (Phi) is 6.88. The first-order valence-electron chi connectivity index (χ1n) is 11.7. The van der Waals surface area contributed by atoms with Crippen LogP contribution in [0.25, 0.3) is 11.2 Å². The van der Waals surface area contributed by atoms with Crippen molar-refractivity contribution < 1.29 is 9.47 Å². The van der Waals surface area contributed by atoms with Crippen molar-refractivity contribution in [2.45, 2.75) is 65.2 Å². The zero-order valence-corrected chi connectivity index (χ0v) is 19.9. The molecule has 1 fully saturated rings. The Morgan fingerprint density at radius 2 is 1.97 bits per heavy atom. The SMILES string of the molecule is CCCCn1c(=O)[nH]c(=O)c2c1nc(CN1CCCC1c1ccc(OC)cc1OC)n2CC. The number of hydrogen-bond acceptors (Lipinski definition) is 6. The van der Waals surface area contributed by atoms with Crippen molar-refractivity contribution in [2.24, 2.45) is 0 Å². The Bertz CT molecular complexity index is 1240. The van der Waals surface area contributed by atoms with E-state index < -0.39 is 5.69 Å². The molecule has 0 bridgehead atoms. The highest BCUT2D eigenvalue weighted by molar-refractivity contribution is 5.71. The van der Waals surface area contributed by atoms with Crippen LogP contribution in [0.3, 0.4) is 0 Å². The lowest BCUT2D eigenvalue weighted by Gasteiger charge is -2.26. The van der Waals surface area contributed by atoms with Crippen molar-refractivity contribution in [3.63, 3.8) is 0 Å². The van der Waals surface area contributed by atoms with E-state index in [4.69, 9.17) is 14.5 Å². The molecule has 9 heteroatoms. The van der Waals surface area contributed by atoms with Crippen LogP contribution in [-0.2, 0) is 19.6 Å². The molecule has 1 aromatic carbocycles. The molecule has 9 nitrogen and oxygen atoms in total. The number of likely N-dealkylation sites (tertiary alicyclic amines) is 1. The van der Waals surface area contributed by atoms with E-state index in [2.05, 4.69) is 22.9 Å². The Morgan fingerprint density at radius 3 is 2.67 bits per heavy atom. The number of hydrogen-bond donors (Lipinski definition) is 1. The quantitative estimate of drug-likeness (QED) is 0.533. The van der Waals surface area contributed by atoms with Gasteiger partial charge in [-0.25, -0.2) is 9.78 Å². The summed E-state index contributed by atoms with van der Waals surface area (Å²) >= 11 is 0. The molecular formula is C24H33N5O4. The number of fused-ring (bicyclic) bond motifs is 1. The van der Waals surface area contributed by atoms with Crippen molar-refractivity contribution in [1.82, 2.24) is 24.0 Å². The van der Waals surface area contributed by atoms with Gasteiger partial charge in [0.15, 0.2) is 11.2 Å². The second-order valence-electron chi connectivity index (χ2n) is 8.45. The van der Waals surface area contributed by atoms with Gasteiger partial charge < -0.3 is 14.0 Å². The number of H-pyrrole nitrogens is 1. The van der Waals surface area contributed by atoms with E-state index >= 15 is 0 Å². The van der Waals surface area contributed by atoms with Gasteiger partial charge in [0.25, 0.3) is 5.56 Å². The predicted molar refractivity (Wildman–Crippen MR) is 127 cm³/mol. The summed E-state index contributed by atoms with van der Waals surface area (Å²) in [7, 11) is 3.32. The minimum atomic E-state index is -0.393. The normalized spacial score (nSPS) is 16.5. The summed E-state index contributed by atoms with van der Waals surface area (Å²) in [5, 5.41) is 0. The van der Waals surface area contributed by atoms with Gasteiger partial charge in [-0.15, -0.1) is 0 Å². The summed E-state index contributed by atoms with van der Waals surface area (Å²) < 4.78 is 14.6. The number of rotatable bonds is 9. The fourth-order valence-electron chi connectivity index (χ4n) is 4.85. The van der Waals surface area contributed by atoms with Crippen LogP contribution in [0.1, 0.15) is 57.0 Å². The minimum absolute atomic E-state index is 0.177. The van der Waals surface area contributed by atoms with E-state index in [1.807, 2.05) is 23.6 Å². The lowest BCUT2D eigenvalue weighted by atomic mass is 10.0. The topological polar surface area (TPSA) is 94.4 Å². The molecule has 4 rings (SSSR count). The third-order valence-corrected chi connectivity index (χ3v) is 6.52. The molecule has 1 aliphatic heterocycles. The Balaban J connectivity index is 1.73. The van der Waals surface area contributed by atoms with Crippen molar-refractivity contribution in [2.75, 3.05) is 20.8 Å². The first kappa shape index (κ1) is 23.1. The van der Waals surface area contributed by atoms with E-state index in [0.29, 0.717) is 30.8 Å². The molecule has 0 saturated carbocycles. The van der Waals surface area contributed by atoms with Crippen LogP contribution in [0, 0.1) is 0 Å². The Hall–Kier alpha value is -3.07. The van der Waals surface area contributed by atoms with Crippen molar-refractivity contribution in [3.05, 3.63) is 50.4 Å². The fraction of sp³-hybridized carbons (Fsp3) is 0.542. The third kappa shape index (κ3) is 4.29. The molecule has 1 N–H and O–H groups in total. The van der Waals surface area contributed by atoms with Crippen LogP contribution >= 0.6 is 0 Å². The van der Waals surface area contributed by atoms with Crippen LogP contribution in [0.15, 0.2) is 27.8 Å². The molecule has 3 heterocycles. The number of aromatic amines is 1. The molecule has 178 valence electrons. The van der Waals surface area contributed by atoms with E-state index in [1.54, 1.807) is 18.8 Å². The second kappa shape index (κ2) is 9.82. The zero-order valence-electron chi connectivity index (χ0n) is 19.9. The van der Waals surface area contributed by atoms with Gasteiger partial charge in [-0.1, -0.05) is 19.4 Å². The van der Waals surface area contributed by atoms with Crippen LogP contribution in [0.4, 0.5) is 0 Å². The van der Waals surface area contributed by atoms with Gasteiger partial charge in [-0.2, -0.15) is 0 Å². The molecule has 1 unspecified atom stereocenters. The van der Waals surface area contributed by atoms with Crippen LogP contribution in [0.5, 0.6) is 11.5 Å². The first-order chi connectivity index (χ1) is 16.0. The number of imidazole rings is 1. The summed E-state index contributed by atoms with van der Waals surface area (Å²) in [5.41, 5.74) is 1.30. The molecule has 33 heavy (non-hydrogen) atoms. The van der Waals surface area contributed by atoms with E-state index in [-0.39, 0.29) is 11.6 Å². The van der Waals surface area contributed by atoms with Gasteiger partial charge >= 0.3 is 5.69 Å². The van der Waals surface area contributed by atoms with E-state index in [1.165, 1.54) is 0 Å². The largest absolute Gasteiger partial charge is 0.497 e. The average Bonchev–Trinajstić information content (AvgIpc) is 3.43. The molecule has 0 radical (unpaired) electrons. The number of aryl methyl sites for hydroxylation is 2. The highest BCUT2D eigenvalue weighted by atomic mass is 16.5. The van der Waals surface area contributed by atoms with Gasteiger partial charge in [-0.05, 0) is 38.8 Å². The molecule has 2 aromatic heterocycles. The number of nitrogens with zero attached hydrogens (tertiary/aromatic N) is 4. The average molecular weight is 456 g/mol. The third-order valence-electron chi connectivity index (χ3n) is 6.52. The maximum absolute atomic E-state index is 12.7. The molecule has 1 aliphatic rings. The molecule has 0 amide bonds. The van der Waals surface area contributed by atoms with Crippen molar-refractivity contribution in [1.29, 1.82) is 0 Å². The van der Waals surface area contributed by atoms with Crippen LogP contribution in [0.2, 0.25) is 0 Å². The molecule has 1 saturated heterocycles. The molecule has 3 aromatic rings. The Morgan fingerprint density at radius 1 is 1.15 bits per heavy atom. The van der Waals surface area contributed by atoms with Gasteiger partial charge in [0.1, 0.15) is 17.3 Å². The number of ether oxygens (including phenoxy) is 2. The minimum Gasteiger partial charge on any atom is -0.497 e. The monoisotopic (exact) mass is 455 g/mol. The summed E-state index contributed by atoms with van der Waals surface area (Å²) in [6.45, 7) is 6.73. The Labute approximate surface area is 193 Å². The molecule has 0 spiro atoms. The van der Waals surface area contributed by atoms with Gasteiger partial charge in [-0.3, -0.25) is 19.2 Å². The number of methoxy groups -OCH3 is 2. The highest BCUT2D eigenvalue weighted by Gasteiger charge is 2.30. The summed E-state index contributed by atoms with van der Waals surface area (Å²) in [4.78, 5) is 34.9. The van der Waals surface area contributed by atoms with Gasteiger partial charge in [0.05, 0.1) is 20.8 Å². The maximum Gasteiger partial charge on any atom is 0.330 e. The summed E-state index contributed by atoms with van der Waals surface area (Å²) in [5.74, 6) is 2.37. The van der Waals surface area contributed by atoms with Crippen LogP contribution in [-0.4, -0.2) is 44.8 Å². The lowest BCUT2D eigenvalue weighted by molar-refractivity contribution is 0.234. The fourth-order valence-corrected chi connectivity index (χ4v) is 4.85.